The fraction of sp³-hybridized carbons (Fsp3) is 0.286. The molecule has 1 aliphatic heterocycles. The van der Waals surface area contributed by atoms with Crippen LogP contribution in [0.4, 0.5) is 0 Å². The Morgan fingerprint density at radius 1 is 1.41 bits per heavy atom. The number of allylic oxidation sites excluding steroid dienone is 1. The van der Waals surface area contributed by atoms with Crippen LogP contribution in [0, 0.1) is 17.2 Å². The SMILES string of the molecule is N#CC(=Cc1ccccc1)C(=O)C1CCOC1. The number of nitriles is 1. The number of ketones is 1. The maximum Gasteiger partial charge on any atom is 0.178 e. The van der Waals surface area contributed by atoms with Gasteiger partial charge in [-0.25, -0.2) is 0 Å². The number of rotatable bonds is 3. The fourth-order valence-corrected chi connectivity index (χ4v) is 1.84. The zero-order valence-electron chi connectivity index (χ0n) is 9.43. The summed E-state index contributed by atoms with van der Waals surface area (Å²) in [4.78, 5) is 12.0. The average Bonchev–Trinajstić information content (AvgIpc) is 2.90. The number of ether oxygens (including phenoxy) is 1. The van der Waals surface area contributed by atoms with Crippen LogP contribution < -0.4 is 0 Å². The van der Waals surface area contributed by atoms with Crippen molar-refractivity contribution < 1.29 is 9.53 Å². The molecule has 1 fully saturated rings. The summed E-state index contributed by atoms with van der Waals surface area (Å²) in [6.45, 7) is 1.05. The molecule has 3 heteroatoms. The second kappa shape index (κ2) is 5.42. The summed E-state index contributed by atoms with van der Waals surface area (Å²) < 4.78 is 5.17. The summed E-state index contributed by atoms with van der Waals surface area (Å²) in [6.07, 6.45) is 2.35. The van der Waals surface area contributed by atoms with Crippen LogP contribution >= 0.6 is 0 Å². The van der Waals surface area contributed by atoms with Gasteiger partial charge >= 0.3 is 0 Å². The fourth-order valence-electron chi connectivity index (χ4n) is 1.84. The lowest BCUT2D eigenvalue weighted by molar-refractivity contribution is -0.118. The van der Waals surface area contributed by atoms with E-state index in [4.69, 9.17) is 10.00 Å². The van der Waals surface area contributed by atoms with Crippen LogP contribution in [0.1, 0.15) is 12.0 Å². The van der Waals surface area contributed by atoms with E-state index in [1.807, 2.05) is 36.4 Å². The molecule has 0 saturated carbocycles. The first kappa shape index (κ1) is 11.6. The van der Waals surface area contributed by atoms with Crippen molar-refractivity contribution in [2.24, 2.45) is 5.92 Å². The van der Waals surface area contributed by atoms with E-state index < -0.39 is 0 Å². The van der Waals surface area contributed by atoms with E-state index in [0.717, 1.165) is 5.56 Å². The van der Waals surface area contributed by atoms with Gasteiger partial charge in [-0.15, -0.1) is 0 Å². The van der Waals surface area contributed by atoms with E-state index in [-0.39, 0.29) is 17.3 Å². The molecule has 1 unspecified atom stereocenters. The van der Waals surface area contributed by atoms with Crippen molar-refractivity contribution in [2.45, 2.75) is 6.42 Å². The Labute approximate surface area is 100 Å². The molecule has 0 amide bonds. The Kier molecular flexibility index (Phi) is 3.69. The van der Waals surface area contributed by atoms with E-state index in [1.54, 1.807) is 6.08 Å². The molecule has 0 N–H and O–H groups in total. The first-order valence-corrected chi connectivity index (χ1v) is 5.60. The van der Waals surface area contributed by atoms with Gasteiger partial charge in [0.25, 0.3) is 0 Å². The van der Waals surface area contributed by atoms with Crippen LogP contribution in [-0.4, -0.2) is 19.0 Å². The third-order valence-electron chi connectivity index (χ3n) is 2.80. The van der Waals surface area contributed by atoms with Crippen molar-refractivity contribution in [1.82, 2.24) is 0 Å². The number of hydrogen-bond donors (Lipinski definition) is 0. The summed E-state index contributed by atoms with van der Waals surface area (Å²) >= 11 is 0. The second-order valence-corrected chi connectivity index (χ2v) is 4.01. The Balaban J connectivity index is 2.19. The molecule has 0 aliphatic carbocycles. The molecule has 1 aliphatic rings. The molecule has 0 spiro atoms. The third kappa shape index (κ3) is 2.80. The van der Waals surface area contributed by atoms with Crippen LogP contribution in [0.15, 0.2) is 35.9 Å². The molecule has 1 heterocycles. The van der Waals surface area contributed by atoms with Gasteiger partial charge in [-0.2, -0.15) is 5.26 Å². The summed E-state index contributed by atoms with van der Waals surface area (Å²) in [6, 6.07) is 11.4. The molecular formula is C14H13NO2. The molecule has 0 bridgehead atoms. The Morgan fingerprint density at radius 2 is 2.18 bits per heavy atom. The highest BCUT2D eigenvalue weighted by atomic mass is 16.5. The van der Waals surface area contributed by atoms with Gasteiger partial charge in [-0.05, 0) is 18.1 Å². The minimum atomic E-state index is -0.149. The zero-order valence-corrected chi connectivity index (χ0v) is 9.43. The van der Waals surface area contributed by atoms with Crippen molar-refractivity contribution in [3.8, 4) is 6.07 Å². The van der Waals surface area contributed by atoms with Crippen molar-refractivity contribution in [2.75, 3.05) is 13.2 Å². The number of benzene rings is 1. The smallest absolute Gasteiger partial charge is 0.178 e. The maximum absolute atomic E-state index is 12.0. The minimum Gasteiger partial charge on any atom is -0.381 e. The minimum absolute atomic E-state index is 0.103. The highest BCUT2D eigenvalue weighted by Crippen LogP contribution is 2.18. The molecule has 1 atom stereocenters. The number of carbonyl (C=O) groups is 1. The lowest BCUT2D eigenvalue weighted by Crippen LogP contribution is -2.15. The van der Waals surface area contributed by atoms with Gasteiger partial charge in [0.2, 0.25) is 0 Å². The second-order valence-electron chi connectivity index (χ2n) is 4.01. The van der Waals surface area contributed by atoms with Crippen LogP contribution in [0.5, 0.6) is 0 Å². The number of nitrogens with zero attached hydrogens (tertiary/aromatic N) is 1. The van der Waals surface area contributed by atoms with Gasteiger partial charge in [0.15, 0.2) is 5.78 Å². The molecule has 3 nitrogen and oxygen atoms in total. The van der Waals surface area contributed by atoms with E-state index in [2.05, 4.69) is 0 Å². The summed E-state index contributed by atoms with van der Waals surface area (Å²) in [5, 5.41) is 9.04. The number of carbonyl (C=O) groups excluding carboxylic acids is 1. The average molecular weight is 227 g/mol. The quantitative estimate of drug-likeness (QED) is 0.587. The van der Waals surface area contributed by atoms with Crippen LogP contribution in [-0.2, 0) is 9.53 Å². The van der Waals surface area contributed by atoms with Crippen LogP contribution in [0.3, 0.4) is 0 Å². The van der Waals surface area contributed by atoms with Crippen molar-refractivity contribution >= 4 is 11.9 Å². The Hall–Kier alpha value is -1.92. The number of hydrogen-bond acceptors (Lipinski definition) is 3. The zero-order chi connectivity index (χ0) is 12.1. The maximum atomic E-state index is 12.0. The van der Waals surface area contributed by atoms with Gasteiger partial charge in [0.1, 0.15) is 6.07 Å². The molecule has 1 saturated heterocycles. The summed E-state index contributed by atoms with van der Waals surface area (Å²) in [7, 11) is 0. The van der Waals surface area contributed by atoms with E-state index in [9.17, 15) is 4.79 Å². The molecule has 2 rings (SSSR count). The third-order valence-corrected chi connectivity index (χ3v) is 2.80. The number of Topliss-reactive ketones (excluding diaryl/α,β-unsaturated/α-hetero) is 1. The normalized spacial score (nSPS) is 19.9. The molecule has 0 aromatic heterocycles. The lowest BCUT2D eigenvalue weighted by atomic mass is 9.96. The molecular weight excluding hydrogens is 214 g/mol. The van der Waals surface area contributed by atoms with Crippen LogP contribution in [0.2, 0.25) is 0 Å². The topological polar surface area (TPSA) is 50.1 Å². The molecule has 1 aromatic carbocycles. The van der Waals surface area contributed by atoms with Crippen molar-refractivity contribution in [3.63, 3.8) is 0 Å². The van der Waals surface area contributed by atoms with Crippen molar-refractivity contribution in [1.29, 1.82) is 5.26 Å². The monoisotopic (exact) mass is 227 g/mol. The first-order chi connectivity index (χ1) is 8.31. The van der Waals surface area contributed by atoms with Gasteiger partial charge in [0, 0.05) is 12.5 Å². The summed E-state index contributed by atoms with van der Waals surface area (Å²) in [5.41, 5.74) is 1.09. The van der Waals surface area contributed by atoms with Gasteiger partial charge in [0.05, 0.1) is 12.2 Å². The van der Waals surface area contributed by atoms with Gasteiger partial charge in [-0.1, -0.05) is 30.3 Å². The first-order valence-electron chi connectivity index (χ1n) is 5.60. The van der Waals surface area contributed by atoms with Crippen LogP contribution in [0.25, 0.3) is 6.08 Å². The van der Waals surface area contributed by atoms with Gasteiger partial charge in [-0.3, -0.25) is 4.79 Å². The van der Waals surface area contributed by atoms with Crippen molar-refractivity contribution in [3.05, 3.63) is 41.5 Å². The predicted molar refractivity (Wildman–Crippen MR) is 64.0 cm³/mol. The van der Waals surface area contributed by atoms with E-state index in [0.29, 0.717) is 19.6 Å². The predicted octanol–water partition coefficient (Wildman–Crippen LogP) is 2.20. The standard InChI is InChI=1S/C14H13NO2/c15-9-13(8-11-4-2-1-3-5-11)14(16)12-6-7-17-10-12/h1-5,8,12H,6-7,10H2. The highest BCUT2D eigenvalue weighted by molar-refractivity contribution is 6.04. The largest absolute Gasteiger partial charge is 0.381 e. The molecule has 0 radical (unpaired) electrons. The lowest BCUT2D eigenvalue weighted by Gasteiger charge is -2.04. The van der Waals surface area contributed by atoms with Gasteiger partial charge < -0.3 is 4.74 Å². The van der Waals surface area contributed by atoms with E-state index >= 15 is 0 Å². The highest BCUT2D eigenvalue weighted by Gasteiger charge is 2.26. The van der Waals surface area contributed by atoms with E-state index in [1.165, 1.54) is 0 Å². The Bertz CT molecular complexity index is 465. The summed E-state index contributed by atoms with van der Waals surface area (Å²) in [5.74, 6) is -0.251. The molecule has 17 heavy (non-hydrogen) atoms. The molecule has 1 aromatic rings. The Morgan fingerprint density at radius 3 is 2.76 bits per heavy atom. The molecule has 86 valence electrons.